The minimum Gasteiger partial charge on any atom is -0.395 e. The maximum Gasteiger partial charge on any atom is 0.0642 e. The van der Waals surface area contributed by atoms with Crippen LogP contribution in [-0.2, 0) is 11.3 Å². The molecule has 112 valence electrons. The number of halogens is 1. The maximum absolute atomic E-state index is 9.18. The quantitative estimate of drug-likeness (QED) is 0.685. The molecule has 0 unspecified atom stereocenters. The lowest BCUT2D eigenvalue weighted by Gasteiger charge is -2.25. The third-order valence-electron chi connectivity index (χ3n) is 3.46. The average molecular weight is 299 g/mol. The lowest BCUT2D eigenvalue weighted by atomic mass is 10.2. The molecule has 2 N–H and O–H groups in total. The highest BCUT2D eigenvalue weighted by molar-refractivity contribution is 6.33. The normalized spacial score (nSPS) is 14.6. The van der Waals surface area contributed by atoms with Crippen molar-refractivity contribution in [2.24, 2.45) is 0 Å². The Bertz CT molecular complexity index is 424. The molecule has 0 aliphatic heterocycles. The number of nitrogens with one attached hydrogen (secondary N) is 1. The molecule has 0 spiro atoms. The number of ether oxygens (including phenoxy) is 1. The molecule has 5 heteroatoms. The Labute approximate surface area is 125 Å². The van der Waals surface area contributed by atoms with Crippen LogP contribution in [0.1, 0.15) is 18.4 Å². The third-order valence-corrected chi connectivity index (χ3v) is 3.76. The predicted octanol–water partition coefficient (Wildman–Crippen LogP) is 2.04. The molecule has 1 aromatic rings. The van der Waals surface area contributed by atoms with Gasteiger partial charge >= 0.3 is 0 Å². The Morgan fingerprint density at radius 3 is 2.85 bits per heavy atom. The van der Waals surface area contributed by atoms with E-state index in [-0.39, 0.29) is 6.61 Å². The van der Waals surface area contributed by atoms with Gasteiger partial charge in [0.1, 0.15) is 0 Å². The molecule has 1 fully saturated rings. The van der Waals surface area contributed by atoms with Crippen LogP contribution in [0.3, 0.4) is 0 Å². The zero-order valence-electron chi connectivity index (χ0n) is 11.9. The Kier molecular flexibility index (Phi) is 6.10. The summed E-state index contributed by atoms with van der Waals surface area (Å²) in [5.74, 6) is 0. The lowest BCUT2D eigenvalue weighted by molar-refractivity contribution is 0.199. The molecule has 2 rings (SSSR count). The van der Waals surface area contributed by atoms with Crippen molar-refractivity contribution in [1.82, 2.24) is 5.32 Å². The summed E-state index contributed by atoms with van der Waals surface area (Å²) in [5.41, 5.74) is 2.19. The van der Waals surface area contributed by atoms with E-state index in [1.807, 2.05) is 6.07 Å². The first kappa shape index (κ1) is 15.6. The molecule has 0 aromatic heterocycles. The molecule has 1 aliphatic rings. The Hall–Kier alpha value is -0.810. The molecule has 4 nitrogen and oxygen atoms in total. The minimum atomic E-state index is 0.160. The van der Waals surface area contributed by atoms with Crippen molar-refractivity contribution in [2.75, 3.05) is 38.3 Å². The van der Waals surface area contributed by atoms with Crippen LogP contribution in [-0.4, -0.2) is 44.6 Å². The summed E-state index contributed by atoms with van der Waals surface area (Å²) in [6.45, 7) is 3.13. The van der Waals surface area contributed by atoms with Crippen LogP contribution in [0.25, 0.3) is 0 Å². The van der Waals surface area contributed by atoms with E-state index >= 15 is 0 Å². The highest BCUT2D eigenvalue weighted by Crippen LogP contribution is 2.35. The van der Waals surface area contributed by atoms with E-state index in [4.69, 9.17) is 16.3 Å². The topological polar surface area (TPSA) is 44.7 Å². The Balaban J connectivity index is 1.97. The van der Waals surface area contributed by atoms with E-state index < -0.39 is 0 Å². The maximum atomic E-state index is 9.18. The zero-order chi connectivity index (χ0) is 14.4. The van der Waals surface area contributed by atoms with Gasteiger partial charge in [0.25, 0.3) is 0 Å². The first-order valence-corrected chi connectivity index (χ1v) is 7.49. The number of nitrogens with zero attached hydrogens (tertiary/aromatic N) is 1. The largest absolute Gasteiger partial charge is 0.395 e. The van der Waals surface area contributed by atoms with Crippen molar-refractivity contribution in [3.8, 4) is 0 Å². The Morgan fingerprint density at radius 1 is 1.45 bits per heavy atom. The van der Waals surface area contributed by atoms with Crippen LogP contribution < -0.4 is 10.2 Å². The van der Waals surface area contributed by atoms with Gasteiger partial charge in [-0.1, -0.05) is 17.7 Å². The van der Waals surface area contributed by atoms with Crippen molar-refractivity contribution in [2.45, 2.75) is 25.4 Å². The molecule has 1 aromatic carbocycles. The predicted molar refractivity (Wildman–Crippen MR) is 82.5 cm³/mol. The van der Waals surface area contributed by atoms with Gasteiger partial charge in [0, 0.05) is 32.8 Å². The second-order valence-electron chi connectivity index (χ2n) is 5.10. The number of anilines is 1. The average Bonchev–Trinajstić information content (AvgIpc) is 3.26. The summed E-state index contributed by atoms with van der Waals surface area (Å²) < 4.78 is 5.00. The molecule has 0 atom stereocenters. The molecule has 0 saturated heterocycles. The number of hydrogen-bond donors (Lipinski definition) is 2. The van der Waals surface area contributed by atoms with E-state index in [1.54, 1.807) is 7.11 Å². The number of hydrogen-bond acceptors (Lipinski definition) is 4. The number of aliphatic hydroxyl groups is 1. The van der Waals surface area contributed by atoms with Crippen LogP contribution in [0.2, 0.25) is 5.02 Å². The Morgan fingerprint density at radius 2 is 2.25 bits per heavy atom. The van der Waals surface area contributed by atoms with Crippen LogP contribution in [0.15, 0.2) is 18.2 Å². The molecule has 0 amide bonds. The van der Waals surface area contributed by atoms with Crippen LogP contribution >= 0.6 is 11.6 Å². The number of methoxy groups -OCH3 is 1. The molecular weight excluding hydrogens is 276 g/mol. The summed E-state index contributed by atoms with van der Waals surface area (Å²) in [6, 6.07) is 6.70. The fourth-order valence-electron chi connectivity index (χ4n) is 2.29. The highest BCUT2D eigenvalue weighted by Gasteiger charge is 2.29. The van der Waals surface area contributed by atoms with Crippen LogP contribution in [0.5, 0.6) is 0 Å². The standard InChI is InChI=1S/C15H23ClN2O2/c1-20-9-6-17-11-12-2-5-15(14(16)10-12)18(7-8-19)13-3-4-13/h2,5,10,13,17,19H,3-4,6-9,11H2,1H3. The second kappa shape index (κ2) is 7.84. The van der Waals surface area contributed by atoms with Gasteiger partial charge < -0.3 is 20.1 Å². The first-order chi connectivity index (χ1) is 9.76. The van der Waals surface area contributed by atoms with Crippen molar-refractivity contribution in [1.29, 1.82) is 0 Å². The number of benzene rings is 1. The van der Waals surface area contributed by atoms with Gasteiger partial charge in [0.2, 0.25) is 0 Å². The van der Waals surface area contributed by atoms with Gasteiger partial charge in [-0.3, -0.25) is 0 Å². The third kappa shape index (κ3) is 4.35. The van der Waals surface area contributed by atoms with Gasteiger partial charge in [0.15, 0.2) is 0 Å². The zero-order valence-corrected chi connectivity index (χ0v) is 12.7. The minimum absolute atomic E-state index is 0.160. The molecule has 0 bridgehead atoms. The monoisotopic (exact) mass is 298 g/mol. The van der Waals surface area contributed by atoms with E-state index in [1.165, 1.54) is 12.8 Å². The molecule has 1 aliphatic carbocycles. The van der Waals surface area contributed by atoms with Crippen molar-refractivity contribution in [3.63, 3.8) is 0 Å². The van der Waals surface area contributed by atoms with E-state index in [0.717, 1.165) is 29.4 Å². The smallest absolute Gasteiger partial charge is 0.0642 e. The van der Waals surface area contributed by atoms with Gasteiger partial charge in [0.05, 0.1) is 23.9 Å². The fourth-order valence-corrected chi connectivity index (χ4v) is 2.61. The van der Waals surface area contributed by atoms with Gasteiger partial charge in [-0.15, -0.1) is 0 Å². The van der Waals surface area contributed by atoms with Crippen LogP contribution in [0, 0.1) is 0 Å². The van der Waals surface area contributed by atoms with Gasteiger partial charge in [-0.05, 0) is 30.5 Å². The van der Waals surface area contributed by atoms with E-state index in [9.17, 15) is 5.11 Å². The summed E-state index contributed by atoms with van der Waals surface area (Å²) >= 11 is 6.40. The summed E-state index contributed by atoms with van der Waals surface area (Å²) in [7, 11) is 1.70. The van der Waals surface area contributed by atoms with Crippen molar-refractivity contribution < 1.29 is 9.84 Å². The second-order valence-corrected chi connectivity index (χ2v) is 5.51. The molecule has 0 heterocycles. The summed E-state index contributed by atoms with van der Waals surface area (Å²) in [4.78, 5) is 2.21. The molecule has 0 radical (unpaired) electrons. The molecular formula is C15H23ClN2O2. The van der Waals surface area contributed by atoms with E-state index in [2.05, 4.69) is 22.3 Å². The molecule has 20 heavy (non-hydrogen) atoms. The SMILES string of the molecule is COCCNCc1ccc(N(CCO)C2CC2)c(Cl)c1. The summed E-state index contributed by atoms with van der Waals surface area (Å²) in [5, 5.41) is 13.2. The van der Waals surface area contributed by atoms with Crippen molar-refractivity contribution >= 4 is 17.3 Å². The lowest BCUT2D eigenvalue weighted by Crippen LogP contribution is -2.29. The van der Waals surface area contributed by atoms with Crippen LogP contribution in [0.4, 0.5) is 5.69 Å². The van der Waals surface area contributed by atoms with Gasteiger partial charge in [-0.25, -0.2) is 0 Å². The number of rotatable bonds is 9. The number of aliphatic hydroxyl groups excluding tert-OH is 1. The van der Waals surface area contributed by atoms with E-state index in [0.29, 0.717) is 19.2 Å². The summed E-state index contributed by atoms with van der Waals surface area (Å²) in [6.07, 6.45) is 2.38. The molecule has 1 saturated carbocycles. The van der Waals surface area contributed by atoms with Gasteiger partial charge in [-0.2, -0.15) is 0 Å². The fraction of sp³-hybridized carbons (Fsp3) is 0.600. The highest BCUT2D eigenvalue weighted by atomic mass is 35.5. The first-order valence-electron chi connectivity index (χ1n) is 7.12. The van der Waals surface area contributed by atoms with Crippen molar-refractivity contribution in [3.05, 3.63) is 28.8 Å².